The zero-order valence-corrected chi connectivity index (χ0v) is 87.0. The molecule has 0 bridgehead atoms. The number of aliphatic hydroxyl groups excluding tert-OH is 1. The highest BCUT2D eigenvalue weighted by Crippen LogP contribution is 2.50. The molecule has 7 N–H and O–H groups in total. The van der Waals surface area contributed by atoms with Crippen LogP contribution in [0.4, 0.5) is 34.6 Å². The SMILES string of the molecule is COc1cc(C(=O)NC2=NCc3cc(-c4c(F)c(OC)cc(OC)c4F)ccc32)ccc1N1CCNC(C)(C)C1.COc1cc(OC)c(Cl)c(-c2ccc3c(c2)CN=C3NC(=O)c2ccc(N3C[C@@H](C)N[C@@H](C)C3)cn2)c1Cl.COc1cc(OC)c(Cl)c(-c2ccc3c(c2)CN=C3NC(=O)c2cnn(CCO)c2)c1Cl.COc1cc(OC)c(F)c(-c2ccc3c(c2)CN=C3NC(=O)c2ccc(N3CCC(N(C)C)C3)cc2)c1F. The number of carbonyl (C=O) groups is 4. The maximum Gasteiger partial charge on any atom is 0.275 e. The van der Waals surface area contributed by atoms with E-state index in [4.69, 9.17) is 94.1 Å². The van der Waals surface area contributed by atoms with E-state index in [0.29, 0.717) is 166 Å². The van der Waals surface area contributed by atoms with Gasteiger partial charge < -0.3 is 99.2 Å². The highest BCUT2D eigenvalue weighted by atomic mass is 35.5. The Hall–Kier alpha value is -14.6. The Morgan fingerprint density at radius 2 is 0.818 bits per heavy atom. The van der Waals surface area contributed by atoms with Gasteiger partial charge in [-0.1, -0.05) is 94.9 Å². The van der Waals surface area contributed by atoms with Gasteiger partial charge in [-0.05, 0) is 172 Å². The molecular formula is C109H111Cl4F4N17O14. The van der Waals surface area contributed by atoms with Crippen LogP contribution in [-0.4, -0.2) is 226 Å². The van der Waals surface area contributed by atoms with Crippen molar-refractivity contribution in [3.05, 3.63) is 281 Å². The topological polar surface area (TPSA) is 337 Å². The number of amidine groups is 4. The Labute approximate surface area is 873 Å². The van der Waals surface area contributed by atoms with Gasteiger partial charge >= 0.3 is 0 Å². The number of halogens is 8. The molecule has 1 unspecified atom stereocenters. The standard InChI is InChI=1S/C30H32F2N4O4.C29H30F2N4O3.C28H29Cl2N5O3.C22H20Cl2N4O4/c1-30(2)16-36(11-10-34-30)21-9-7-18(13-22(21)38-3)29(37)35-28-20-8-6-17(12-19(20)15-33-28)25-26(31)23(39-4)14-24(40-5)27(25)32;1-34(2)21-11-12-35(16-21)20-8-5-17(6-9-20)29(36)33-28-22-10-7-18(13-19(22)15-32-28)25-26(30)23(37-3)14-24(38-4)27(25)31;1-15-13-35(14-16(2)33-15)19-6-8-21(31-12-19)28(36)34-27-20-7-5-17(9-18(20)11-32-27)24-25(29)22(37-3)10-23(38-4)26(24)30;1-31-16-8-17(32-2)20(24)18(19(16)23)12-3-4-15-13(7-12)9-25-21(15)27-22(30)14-10-26-28(11-14)5-6-29/h6-9,12-14,34H,10-11,15-16H2,1-5H3,(H,33,35,37);5-10,13-14,21H,11-12,15-16H2,1-4H3,(H,32,33,36);5-10,12,15-16,33H,11,13-14H2,1-4H3,(H,32,34,36);3-4,7-8,10-11,29H,5-6,9H2,1-2H3,(H,25,27,30)/t;;15-,16+;. The first-order valence-electron chi connectivity index (χ1n) is 47.4. The number of nitrogens with zero attached hydrogens (tertiary/aromatic N) is 11. The largest absolute Gasteiger partial charge is 0.495 e. The first-order chi connectivity index (χ1) is 71.2. The van der Waals surface area contributed by atoms with Crippen LogP contribution in [0, 0.1) is 23.3 Å². The van der Waals surface area contributed by atoms with Gasteiger partial charge in [0.25, 0.3) is 23.6 Å². The molecule has 0 saturated carbocycles. The molecule has 0 aliphatic carbocycles. The monoisotopic (exact) mass is 2100 g/mol. The predicted octanol–water partition coefficient (Wildman–Crippen LogP) is 17.5. The van der Waals surface area contributed by atoms with Crippen LogP contribution in [0.3, 0.4) is 0 Å². The molecule has 39 heteroatoms. The number of amides is 4. The summed E-state index contributed by atoms with van der Waals surface area (Å²) in [5.74, 6) is -0.737. The number of aliphatic hydroxyl groups is 1. The van der Waals surface area contributed by atoms with Crippen molar-refractivity contribution >= 4 is 110 Å². The number of methoxy groups -OCH3 is 9. The summed E-state index contributed by atoms with van der Waals surface area (Å²) in [7, 11) is 17.1. The summed E-state index contributed by atoms with van der Waals surface area (Å²) in [6.07, 6.45) is 5.89. The lowest BCUT2D eigenvalue weighted by Gasteiger charge is -2.40. The number of ether oxygens (including phenoxy) is 9. The molecule has 19 rings (SSSR count). The molecule has 12 aromatic rings. The number of fused-ring (bicyclic) bond motifs is 4. The van der Waals surface area contributed by atoms with Crippen LogP contribution in [0.5, 0.6) is 51.7 Å². The van der Waals surface area contributed by atoms with Gasteiger partial charge in [-0.15, -0.1) is 0 Å². The summed E-state index contributed by atoms with van der Waals surface area (Å²) in [6, 6.07) is 44.9. The molecule has 3 saturated heterocycles. The molecule has 7 aliphatic heterocycles. The number of nitrogens with one attached hydrogen (secondary N) is 6. The fourth-order valence-electron chi connectivity index (χ4n) is 18.7. The Balaban J connectivity index is 0.000000141. The summed E-state index contributed by atoms with van der Waals surface area (Å²) >= 11 is 26.3. The van der Waals surface area contributed by atoms with Gasteiger partial charge in [-0.25, -0.2) is 22.5 Å². The Bertz CT molecular complexity index is 7110. The molecule has 148 heavy (non-hydrogen) atoms. The van der Waals surface area contributed by atoms with Gasteiger partial charge in [0.1, 0.15) is 57.8 Å². The van der Waals surface area contributed by atoms with Crippen LogP contribution in [-0.2, 0) is 32.7 Å². The highest BCUT2D eigenvalue weighted by molar-refractivity contribution is 6.42. The van der Waals surface area contributed by atoms with Crippen LogP contribution in [0.25, 0.3) is 44.5 Å². The quantitative estimate of drug-likeness (QED) is 0.0293. The van der Waals surface area contributed by atoms with E-state index in [2.05, 4.69) is 123 Å². The van der Waals surface area contributed by atoms with Gasteiger partial charge in [-0.3, -0.25) is 43.8 Å². The molecule has 2 aromatic heterocycles. The van der Waals surface area contributed by atoms with Crippen molar-refractivity contribution in [1.82, 2.24) is 51.6 Å². The van der Waals surface area contributed by atoms with Crippen molar-refractivity contribution < 1.29 is 84.5 Å². The van der Waals surface area contributed by atoms with Crippen molar-refractivity contribution in [3.63, 3.8) is 0 Å². The molecule has 7 aliphatic rings. The van der Waals surface area contributed by atoms with Crippen LogP contribution in [0.1, 0.15) is 120 Å². The first-order valence-corrected chi connectivity index (χ1v) is 48.9. The van der Waals surface area contributed by atoms with Gasteiger partial charge in [0, 0.05) is 150 Å². The molecule has 3 atom stereocenters. The molecule has 10 aromatic carbocycles. The molecule has 3 fully saturated rings. The van der Waals surface area contributed by atoms with Gasteiger partial charge in [-0.2, -0.15) is 5.10 Å². The predicted molar refractivity (Wildman–Crippen MR) is 566 cm³/mol. The third-order valence-electron chi connectivity index (χ3n) is 26.3. The van der Waals surface area contributed by atoms with E-state index >= 15 is 8.78 Å². The number of benzene rings is 10. The summed E-state index contributed by atoms with van der Waals surface area (Å²) < 4.78 is 109. The lowest BCUT2D eigenvalue weighted by Crippen LogP contribution is -2.57. The number of aromatic nitrogens is 3. The van der Waals surface area contributed by atoms with Gasteiger partial charge in [0.05, 0.1) is 164 Å². The van der Waals surface area contributed by atoms with E-state index in [1.54, 1.807) is 86.2 Å². The maximum atomic E-state index is 15.0. The van der Waals surface area contributed by atoms with E-state index in [9.17, 15) is 28.0 Å². The Morgan fingerprint density at radius 3 is 1.20 bits per heavy atom. The molecule has 9 heterocycles. The minimum absolute atomic E-state index is 0.0383. The number of anilines is 3. The van der Waals surface area contributed by atoms with Crippen molar-refractivity contribution in [2.24, 2.45) is 20.0 Å². The normalized spacial score (nSPS) is 15.9. The number of rotatable bonds is 23. The molecule has 0 spiro atoms. The average molecular weight is 2100 g/mol. The van der Waals surface area contributed by atoms with Gasteiger partial charge in [0.2, 0.25) is 0 Å². The smallest absolute Gasteiger partial charge is 0.275 e. The summed E-state index contributed by atoms with van der Waals surface area (Å²) in [5.41, 5.74) is 14.0. The average Bonchev–Trinajstić information content (AvgIpc) is 1.67. The number of hydrogen-bond acceptors (Lipinski definition) is 26. The summed E-state index contributed by atoms with van der Waals surface area (Å²) in [4.78, 5) is 83.2. The Morgan fingerprint density at radius 1 is 0.432 bits per heavy atom. The summed E-state index contributed by atoms with van der Waals surface area (Å²) in [5, 5.41) is 33.1. The van der Waals surface area contributed by atoms with Crippen molar-refractivity contribution in [2.45, 2.75) is 90.5 Å². The molecule has 4 amide bonds. The van der Waals surface area contributed by atoms with Crippen molar-refractivity contribution in [1.29, 1.82) is 0 Å². The van der Waals surface area contributed by atoms with E-state index in [0.717, 1.165) is 114 Å². The number of hydrogen-bond donors (Lipinski definition) is 7. The number of aliphatic imine (C=N–C) groups is 4. The zero-order valence-electron chi connectivity index (χ0n) is 84.0. The third-order valence-corrected chi connectivity index (χ3v) is 27.8. The fourth-order valence-corrected chi connectivity index (χ4v) is 20.2. The number of likely N-dealkylation sites (N-methyl/N-ethyl adjacent to an activating group) is 1. The third kappa shape index (κ3) is 22.8. The lowest BCUT2D eigenvalue weighted by molar-refractivity contribution is 0.0965. The molecular weight excluding hydrogens is 1990 g/mol. The van der Waals surface area contributed by atoms with E-state index in [1.807, 2.05) is 72.8 Å². The van der Waals surface area contributed by atoms with Gasteiger partial charge in [0.15, 0.2) is 46.3 Å². The minimum Gasteiger partial charge on any atom is -0.495 e. The Kier molecular flexibility index (Phi) is 33.2. The van der Waals surface area contributed by atoms with Crippen molar-refractivity contribution in [3.8, 4) is 96.3 Å². The lowest BCUT2D eigenvalue weighted by atomic mass is 9.98. The molecule has 31 nitrogen and oxygen atoms in total. The van der Waals surface area contributed by atoms with Crippen molar-refractivity contribution in [2.75, 3.05) is 145 Å². The second kappa shape index (κ2) is 46.2. The van der Waals surface area contributed by atoms with E-state index in [-0.39, 0.29) is 83.0 Å². The van der Waals surface area contributed by atoms with Crippen LogP contribution >= 0.6 is 46.4 Å². The fraction of sp³-hybridized carbons (Fsp3) is 0.303. The minimum atomic E-state index is -0.824. The first kappa shape index (κ1) is 106. The second-order valence-corrected chi connectivity index (χ2v) is 38.1. The van der Waals surface area contributed by atoms with Crippen LogP contribution < -0.4 is 89.2 Å². The zero-order chi connectivity index (χ0) is 105. The van der Waals surface area contributed by atoms with E-state index in [1.165, 1.54) is 79.9 Å². The van der Waals surface area contributed by atoms with Crippen LogP contribution in [0.2, 0.25) is 20.1 Å². The second-order valence-electron chi connectivity index (χ2n) is 36.6. The van der Waals surface area contributed by atoms with Crippen LogP contribution in [0.15, 0.2) is 190 Å². The summed E-state index contributed by atoms with van der Waals surface area (Å²) in [6.45, 7) is 16.5. The molecule has 0 radical (unpaired) electrons. The van der Waals surface area contributed by atoms with E-state index < -0.39 is 23.3 Å². The number of piperazine rings is 2. The maximum absolute atomic E-state index is 15.0. The highest BCUT2D eigenvalue weighted by Gasteiger charge is 2.35. The number of carbonyl (C=O) groups excluding carboxylic acids is 4. The molecule has 772 valence electrons. The number of pyridine rings is 1.